The number of nitrogens with zero attached hydrogens (tertiary/aromatic N) is 1. The molecule has 0 saturated carbocycles. The summed E-state index contributed by atoms with van der Waals surface area (Å²) in [5.74, 6) is 0. The molecule has 0 N–H and O–H groups in total. The van der Waals surface area contributed by atoms with Crippen molar-refractivity contribution in [3.8, 4) is 11.1 Å². The first kappa shape index (κ1) is 8.27. The second-order valence-corrected chi connectivity index (χ2v) is 3.12. The molecule has 0 saturated heterocycles. The van der Waals surface area contributed by atoms with Crippen LogP contribution in [0.15, 0.2) is 42.7 Å². The van der Waals surface area contributed by atoms with Gasteiger partial charge in [0.1, 0.15) is 0 Å². The van der Waals surface area contributed by atoms with Crippen molar-refractivity contribution in [1.82, 2.24) is 4.98 Å². The molecule has 0 fully saturated rings. The summed E-state index contributed by atoms with van der Waals surface area (Å²) < 4.78 is 0. The molecule has 1 heterocycles. The summed E-state index contributed by atoms with van der Waals surface area (Å²) in [6.45, 7) is 0. The number of pyridine rings is 1. The van der Waals surface area contributed by atoms with Gasteiger partial charge in [0, 0.05) is 29.0 Å². The van der Waals surface area contributed by atoms with E-state index >= 15 is 0 Å². The molecule has 0 spiro atoms. The van der Waals surface area contributed by atoms with Gasteiger partial charge >= 0.3 is 0 Å². The Morgan fingerprint density at radius 1 is 1.08 bits per heavy atom. The average molecular weight is 189 g/mol. The standard InChI is InChI=1S/C11H7ClN/c12-11-5-3-9(4-6-11)10-2-1-7-13-8-10/h2-8H. The topological polar surface area (TPSA) is 12.9 Å². The minimum absolute atomic E-state index is 0.747. The van der Waals surface area contributed by atoms with E-state index in [0.29, 0.717) is 0 Å². The van der Waals surface area contributed by atoms with Crippen LogP contribution >= 0.6 is 11.6 Å². The van der Waals surface area contributed by atoms with E-state index in [1.54, 1.807) is 12.4 Å². The molecule has 0 amide bonds. The Kier molecular flexibility index (Phi) is 2.28. The largest absolute Gasteiger partial charge is 0.263 e. The SMILES string of the molecule is Clc1ccc(-c2c[c]cnc2)cc1. The minimum atomic E-state index is 0.747. The number of hydrogen-bond acceptors (Lipinski definition) is 1. The summed E-state index contributed by atoms with van der Waals surface area (Å²) in [4.78, 5) is 3.99. The van der Waals surface area contributed by atoms with E-state index < -0.39 is 0 Å². The van der Waals surface area contributed by atoms with Crippen molar-refractivity contribution in [2.45, 2.75) is 0 Å². The Morgan fingerprint density at radius 2 is 1.85 bits per heavy atom. The van der Waals surface area contributed by atoms with Gasteiger partial charge in [0.05, 0.1) is 0 Å². The highest BCUT2D eigenvalue weighted by Crippen LogP contribution is 2.19. The van der Waals surface area contributed by atoms with Crippen LogP contribution in [0.1, 0.15) is 0 Å². The van der Waals surface area contributed by atoms with Crippen LogP contribution in [-0.4, -0.2) is 4.98 Å². The second-order valence-electron chi connectivity index (χ2n) is 2.68. The van der Waals surface area contributed by atoms with Crippen molar-refractivity contribution in [3.63, 3.8) is 0 Å². The predicted octanol–water partition coefficient (Wildman–Crippen LogP) is 3.20. The number of benzene rings is 1. The van der Waals surface area contributed by atoms with Crippen LogP contribution in [0.3, 0.4) is 0 Å². The molecule has 0 aliphatic carbocycles. The molecule has 0 unspecified atom stereocenters. The van der Waals surface area contributed by atoms with Gasteiger partial charge in [-0.25, -0.2) is 0 Å². The number of rotatable bonds is 1. The van der Waals surface area contributed by atoms with Gasteiger partial charge in [-0.3, -0.25) is 4.98 Å². The first-order valence-electron chi connectivity index (χ1n) is 3.93. The molecule has 0 atom stereocenters. The highest BCUT2D eigenvalue weighted by molar-refractivity contribution is 6.30. The lowest BCUT2D eigenvalue weighted by atomic mass is 10.1. The van der Waals surface area contributed by atoms with Gasteiger partial charge in [0.2, 0.25) is 0 Å². The smallest absolute Gasteiger partial charge is 0.0406 e. The second kappa shape index (κ2) is 3.58. The van der Waals surface area contributed by atoms with Crippen molar-refractivity contribution in [3.05, 3.63) is 53.8 Å². The number of halogens is 1. The lowest BCUT2D eigenvalue weighted by molar-refractivity contribution is 1.32. The number of hydrogen-bond donors (Lipinski definition) is 0. The molecule has 1 aromatic heterocycles. The summed E-state index contributed by atoms with van der Waals surface area (Å²) >= 11 is 5.78. The summed E-state index contributed by atoms with van der Waals surface area (Å²) in [5.41, 5.74) is 2.16. The highest BCUT2D eigenvalue weighted by Gasteiger charge is 1.95. The van der Waals surface area contributed by atoms with Crippen molar-refractivity contribution in [1.29, 1.82) is 0 Å². The zero-order valence-electron chi connectivity index (χ0n) is 6.87. The van der Waals surface area contributed by atoms with Crippen molar-refractivity contribution < 1.29 is 0 Å². The van der Waals surface area contributed by atoms with Crippen LogP contribution < -0.4 is 0 Å². The van der Waals surface area contributed by atoms with E-state index in [4.69, 9.17) is 11.6 Å². The zero-order valence-corrected chi connectivity index (χ0v) is 7.62. The molecule has 1 radical (unpaired) electrons. The van der Waals surface area contributed by atoms with Gasteiger partial charge in [-0.15, -0.1) is 0 Å². The Balaban J connectivity index is 2.42. The summed E-state index contributed by atoms with van der Waals surface area (Å²) in [5, 5.41) is 0.747. The van der Waals surface area contributed by atoms with E-state index in [0.717, 1.165) is 16.1 Å². The summed E-state index contributed by atoms with van der Waals surface area (Å²) in [6, 6.07) is 12.5. The van der Waals surface area contributed by atoms with E-state index in [1.807, 2.05) is 30.3 Å². The Morgan fingerprint density at radius 3 is 2.46 bits per heavy atom. The molecule has 1 nitrogen and oxygen atoms in total. The fourth-order valence-electron chi connectivity index (χ4n) is 1.13. The summed E-state index contributed by atoms with van der Waals surface area (Å²) in [6.07, 6.45) is 3.44. The molecular weight excluding hydrogens is 182 g/mol. The van der Waals surface area contributed by atoms with Crippen LogP contribution in [-0.2, 0) is 0 Å². The van der Waals surface area contributed by atoms with Gasteiger partial charge in [-0.1, -0.05) is 23.7 Å². The molecule has 2 aromatic rings. The average Bonchev–Trinajstić information content (AvgIpc) is 2.20. The maximum atomic E-state index is 5.78. The highest BCUT2D eigenvalue weighted by atomic mass is 35.5. The maximum Gasteiger partial charge on any atom is 0.0406 e. The van der Waals surface area contributed by atoms with E-state index in [2.05, 4.69) is 11.1 Å². The Hall–Kier alpha value is -1.34. The summed E-state index contributed by atoms with van der Waals surface area (Å²) in [7, 11) is 0. The molecule has 0 aliphatic heterocycles. The molecule has 63 valence electrons. The molecule has 2 rings (SSSR count). The fourth-order valence-corrected chi connectivity index (χ4v) is 1.25. The first-order chi connectivity index (χ1) is 6.36. The van der Waals surface area contributed by atoms with Crippen molar-refractivity contribution in [2.24, 2.45) is 0 Å². The van der Waals surface area contributed by atoms with E-state index in [9.17, 15) is 0 Å². The molecular formula is C11H7ClN. The van der Waals surface area contributed by atoms with Gasteiger partial charge < -0.3 is 0 Å². The van der Waals surface area contributed by atoms with Crippen LogP contribution in [0.5, 0.6) is 0 Å². The molecule has 2 heteroatoms. The fraction of sp³-hybridized carbons (Fsp3) is 0. The zero-order chi connectivity index (χ0) is 9.10. The monoisotopic (exact) mass is 188 g/mol. The van der Waals surface area contributed by atoms with Crippen molar-refractivity contribution >= 4 is 11.6 Å². The Labute approximate surface area is 82.0 Å². The van der Waals surface area contributed by atoms with Gasteiger partial charge in [-0.05, 0) is 23.8 Å². The third-order valence-corrected chi connectivity index (χ3v) is 2.03. The number of aromatic nitrogens is 1. The van der Waals surface area contributed by atoms with E-state index in [1.165, 1.54) is 0 Å². The van der Waals surface area contributed by atoms with Crippen LogP contribution in [0.2, 0.25) is 5.02 Å². The van der Waals surface area contributed by atoms with Crippen LogP contribution in [0.25, 0.3) is 11.1 Å². The van der Waals surface area contributed by atoms with Crippen molar-refractivity contribution in [2.75, 3.05) is 0 Å². The van der Waals surface area contributed by atoms with Gasteiger partial charge in [0.25, 0.3) is 0 Å². The van der Waals surface area contributed by atoms with E-state index in [-0.39, 0.29) is 0 Å². The molecule has 0 aliphatic rings. The maximum absolute atomic E-state index is 5.78. The van der Waals surface area contributed by atoms with Crippen LogP contribution in [0, 0.1) is 6.07 Å². The lowest BCUT2D eigenvalue weighted by Gasteiger charge is -1.99. The first-order valence-corrected chi connectivity index (χ1v) is 4.31. The third-order valence-electron chi connectivity index (χ3n) is 1.78. The molecule has 1 aromatic carbocycles. The van der Waals surface area contributed by atoms with Crippen LogP contribution in [0.4, 0.5) is 0 Å². The lowest BCUT2D eigenvalue weighted by Crippen LogP contribution is -1.77. The predicted molar refractivity (Wildman–Crippen MR) is 53.5 cm³/mol. The Bertz CT molecular complexity index is 381. The van der Waals surface area contributed by atoms with Gasteiger partial charge in [-0.2, -0.15) is 0 Å². The quantitative estimate of drug-likeness (QED) is 0.670. The minimum Gasteiger partial charge on any atom is -0.263 e. The normalized spacial score (nSPS) is 9.92. The van der Waals surface area contributed by atoms with Gasteiger partial charge in [0.15, 0.2) is 0 Å². The molecule has 0 bridgehead atoms. The molecule has 13 heavy (non-hydrogen) atoms. The third kappa shape index (κ3) is 1.87.